The monoisotopic (exact) mass is 1060 g/mol. The number of aliphatic hydroxyl groups excluding tert-OH is 1. The number of nitrogens with zero attached hydrogens (tertiary/aromatic N) is 1. The van der Waals surface area contributed by atoms with Gasteiger partial charge in [0.15, 0.2) is 0 Å². The highest BCUT2D eigenvalue weighted by atomic mass is 16.4. The Balaban J connectivity index is 1.73. The second kappa shape index (κ2) is 31.5. The molecule has 0 saturated carbocycles. The Morgan fingerprint density at radius 3 is 1.96 bits per heavy atom. The van der Waals surface area contributed by atoms with Gasteiger partial charge in [0.05, 0.1) is 31.7 Å². The van der Waals surface area contributed by atoms with Crippen LogP contribution in [0.2, 0.25) is 0 Å². The molecule has 10 amide bonds. The fourth-order valence-electron chi connectivity index (χ4n) is 8.29. The van der Waals surface area contributed by atoms with E-state index in [0.717, 1.165) is 0 Å². The summed E-state index contributed by atoms with van der Waals surface area (Å²) in [5.74, 6) is -11.5. The van der Waals surface area contributed by atoms with Crippen LogP contribution in [0.3, 0.4) is 0 Å². The van der Waals surface area contributed by atoms with E-state index in [1.807, 2.05) is 0 Å². The number of unbranched alkanes of at least 4 members (excludes halogenated alkanes) is 1. The topological polar surface area (TPSA) is 429 Å². The van der Waals surface area contributed by atoms with Gasteiger partial charge in [0.1, 0.15) is 42.3 Å². The maximum atomic E-state index is 14.2. The molecule has 1 aromatic rings. The lowest BCUT2D eigenvalue weighted by molar-refractivity contribution is -0.146. The fourth-order valence-corrected chi connectivity index (χ4v) is 8.29. The number of piperidine rings is 1. The lowest BCUT2D eigenvalue weighted by Gasteiger charge is -2.35. The molecule has 3 rings (SSSR count). The Morgan fingerprint density at radius 1 is 0.707 bits per heavy atom. The van der Waals surface area contributed by atoms with E-state index in [9.17, 15) is 72.9 Å². The lowest BCUT2D eigenvalue weighted by Crippen LogP contribution is -2.60. The van der Waals surface area contributed by atoms with Crippen molar-refractivity contribution in [3.05, 3.63) is 35.9 Å². The molecule has 75 heavy (non-hydrogen) atoms. The van der Waals surface area contributed by atoms with Gasteiger partial charge in [-0.3, -0.25) is 52.7 Å². The van der Waals surface area contributed by atoms with E-state index in [1.165, 1.54) is 11.8 Å². The molecule has 1 aromatic carbocycles. The summed E-state index contributed by atoms with van der Waals surface area (Å²) in [7, 11) is 0. The van der Waals surface area contributed by atoms with Crippen LogP contribution in [0.5, 0.6) is 0 Å². The molecule has 2 heterocycles. The average Bonchev–Trinajstić information content (AvgIpc) is 3.80. The largest absolute Gasteiger partial charge is 0.481 e. The Bertz CT molecular complexity index is 2180. The standard InChI is InChI=1S/C48H74N12O15/c1-26(2)19-33(44(70)54-27(3)41(67)53-25-39(64)60-18-10-8-14-36(60)47(73)56-31(48(74)75)13-7-9-17-49)57-45(71)34(20-28-11-5-4-6-12-28)58-46(72)35(22-40(65)66)59-43(69)30(15-16-37(50)62)55-38(63)24-52-42(68)32-21-29(61)23-51-32/h4-6,11-12,26-27,29-36,51,61H,7-10,13-25,49H2,1-3H3,(H2,50,62)(H,52,68)(H,53,67)(H,54,70)(H,55,63)(H,56,73)(H,57,71)(H,58,72)(H,59,69)(H,65,66)(H,74,75)/t27-,29+,30-,31-,32-,33-,34-,35-,36-/m0/s1. The first kappa shape index (κ1) is 62.0. The number of carbonyl (C=O) groups excluding carboxylic acids is 10. The van der Waals surface area contributed by atoms with E-state index in [-0.39, 0.29) is 51.1 Å². The Kier molecular flexibility index (Phi) is 26.0. The Labute approximate surface area is 433 Å². The number of aliphatic hydroxyl groups is 1. The number of β-amino-alcohol motifs (C(OH)–C–C–N with tert-alkyl or cyclic N) is 1. The number of benzene rings is 1. The zero-order chi connectivity index (χ0) is 55.8. The van der Waals surface area contributed by atoms with Crippen molar-refractivity contribution in [2.24, 2.45) is 17.4 Å². The molecule has 16 N–H and O–H groups in total. The molecule has 2 aliphatic rings. The number of likely N-dealkylation sites (tertiary alicyclic amines) is 1. The first-order valence-corrected chi connectivity index (χ1v) is 25.0. The summed E-state index contributed by atoms with van der Waals surface area (Å²) in [5, 5.41) is 51.4. The summed E-state index contributed by atoms with van der Waals surface area (Å²) >= 11 is 0. The molecule has 2 aliphatic heterocycles. The molecule has 0 bridgehead atoms. The molecule has 27 nitrogen and oxygen atoms in total. The molecule has 0 aliphatic carbocycles. The van der Waals surface area contributed by atoms with Gasteiger partial charge in [-0.05, 0) is 82.7 Å². The van der Waals surface area contributed by atoms with E-state index in [0.29, 0.717) is 37.8 Å². The SMILES string of the molecule is CC(C)C[C@H](NC(=O)[C@H](Cc1ccccc1)NC(=O)[C@H](CC(=O)O)NC(=O)[C@H](CCC(N)=O)NC(=O)CNC(=O)[C@@H]1C[C@@H](O)CN1)C(=O)N[C@@H](C)C(=O)NCC(=O)N1CCCC[C@H]1C(=O)N[C@@H](CCCCN)C(=O)O. The van der Waals surface area contributed by atoms with E-state index in [4.69, 9.17) is 11.5 Å². The van der Waals surface area contributed by atoms with Gasteiger partial charge in [-0.25, -0.2) is 4.79 Å². The quantitative estimate of drug-likeness (QED) is 0.0312. The predicted octanol–water partition coefficient (Wildman–Crippen LogP) is -4.51. The van der Waals surface area contributed by atoms with E-state index in [2.05, 4.69) is 47.9 Å². The van der Waals surface area contributed by atoms with Gasteiger partial charge >= 0.3 is 11.9 Å². The van der Waals surface area contributed by atoms with Crippen LogP contribution >= 0.6 is 0 Å². The van der Waals surface area contributed by atoms with Gasteiger partial charge in [-0.2, -0.15) is 0 Å². The van der Waals surface area contributed by atoms with Crippen LogP contribution < -0.4 is 59.3 Å². The van der Waals surface area contributed by atoms with Gasteiger partial charge in [0.25, 0.3) is 0 Å². The minimum Gasteiger partial charge on any atom is -0.481 e. The summed E-state index contributed by atoms with van der Waals surface area (Å²) < 4.78 is 0. The first-order chi connectivity index (χ1) is 35.5. The number of amides is 10. The second-order valence-corrected chi connectivity index (χ2v) is 19.0. The summed E-state index contributed by atoms with van der Waals surface area (Å²) in [5.41, 5.74) is 11.3. The van der Waals surface area contributed by atoms with Crippen LogP contribution in [-0.2, 0) is 64.0 Å². The lowest BCUT2D eigenvalue weighted by atomic mass is 10.00. The minimum atomic E-state index is -1.88. The second-order valence-electron chi connectivity index (χ2n) is 19.0. The molecule has 0 unspecified atom stereocenters. The zero-order valence-corrected chi connectivity index (χ0v) is 42.5. The van der Waals surface area contributed by atoms with Crippen LogP contribution in [0.25, 0.3) is 0 Å². The number of nitrogens with one attached hydrogen (secondary N) is 9. The number of hydrogen-bond donors (Lipinski definition) is 14. The molecule has 0 radical (unpaired) electrons. The Morgan fingerprint density at radius 2 is 1.35 bits per heavy atom. The maximum absolute atomic E-state index is 14.2. The van der Waals surface area contributed by atoms with Gasteiger partial charge in [-0.1, -0.05) is 44.2 Å². The predicted molar refractivity (Wildman–Crippen MR) is 266 cm³/mol. The van der Waals surface area contributed by atoms with E-state index < -0.39 is 158 Å². The van der Waals surface area contributed by atoms with Crippen molar-refractivity contribution in [3.8, 4) is 0 Å². The molecule has 2 saturated heterocycles. The van der Waals surface area contributed by atoms with Crippen molar-refractivity contribution in [1.29, 1.82) is 0 Å². The number of carboxylic acids is 2. The van der Waals surface area contributed by atoms with Crippen molar-refractivity contribution in [2.45, 2.75) is 152 Å². The molecule has 27 heteroatoms. The van der Waals surface area contributed by atoms with Crippen molar-refractivity contribution >= 4 is 71.0 Å². The summed E-state index contributed by atoms with van der Waals surface area (Å²) in [4.78, 5) is 158. The molecular weight excluding hydrogens is 985 g/mol. The third kappa shape index (κ3) is 22.0. The van der Waals surface area contributed by atoms with Crippen molar-refractivity contribution in [3.63, 3.8) is 0 Å². The normalized spacial score (nSPS) is 18.6. The van der Waals surface area contributed by atoms with Crippen LogP contribution in [0, 0.1) is 5.92 Å². The van der Waals surface area contributed by atoms with Gasteiger partial charge in [-0.15, -0.1) is 0 Å². The van der Waals surface area contributed by atoms with Crippen LogP contribution in [-0.4, -0.2) is 178 Å². The third-order valence-electron chi connectivity index (χ3n) is 12.3. The molecule has 9 atom stereocenters. The third-order valence-corrected chi connectivity index (χ3v) is 12.3. The number of rotatable bonds is 31. The molecule has 416 valence electrons. The molecule has 0 spiro atoms. The first-order valence-electron chi connectivity index (χ1n) is 25.0. The highest BCUT2D eigenvalue weighted by Gasteiger charge is 2.37. The summed E-state index contributed by atoms with van der Waals surface area (Å²) in [6, 6.07) is -2.23. The molecule has 2 fully saturated rings. The van der Waals surface area contributed by atoms with Crippen LogP contribution in [0.15, 0.2) is 30.3 Å². The number of carbonyl (C=O) groups is 12. The van der Waals surface area contributed by atoms with Crippen LogP contribution in [0.4, 0.5) is 0 Å². The maximum Gasteiger partial charge on any atom is 0.326 e. The average molecular weight is 1060 g/mol. The number of aliphatic carboxylic acids is 2. The van der Waals surface area contributed by atoms with Crippen LogP contribution in [0.1, 0.15) is 97.0 Å². The van der Waals surface area contributed by atoms with Gasteiger partial charge in [0.2, 0.25) is 59.1 Å². The number of carboxylic acid groups (broad SMARTS) is 2. The van der Waals surface area contributed by atoms with E-state index in [1.54, 1.807) is 44.2 Å². The van der Waals surface area contributed by atoms with Crippen molar-refractivity contribution in [2.75, 3.05) is 32.7 Å². The fraction of sp³-hybridized carbons (Fsp3) is 0.625. The van der Waals surface area contributed by atoms with Crippen molar-refractivity contribution < 1.29 is 72.9 Å². The van der Waals surface area contributed by atoms with Gasteiger partial charge < -0.3 is 79.5 Å². The highest BCUT2D eigenvalue weighted by molar-refractivity contribution is 5.98. The summed E-state index contributed by atoms with van der Waals surface area (Å²) in [6.07, 6.45) is -0.108. The summed E-state index contributed by atoms with van der Waals surface area (Å²) in [6.45, 7) is 4.34. The number of primary amides is 1. The minimum absolute atomic E-state index is 0.0188. The zero-order valence-electron chi connectivity index (χ0n) is 42.5. The van der Waals surface area contributed by atoms with E-state index >= 15 is 0 Å². The molecular formula is C48H74N12O15. The van der Waals surface area contributed by atoms with Crippen molar-refractivity contribution in [1.82, 2.24) is 52.8 Å². The highest BCUT2D eigenvalue weighted by Crippen LogP contribution is 2.18. The Hall–Kier alpha value is -7.26. The molecule has 0 aromatic heterocycles. The smallest absolute Gasteiger partial charge is 0.326 e. The van der Waals surface area contributed by atoms with Gasteiger partial charge in [0, 0.05) is 25.9 Å². The number of hydrogen-bond acceptors (Lipinski definition) is 15. The number of nitrogens with two attached hydrogens (primary N) is 2.